The molecule has 1 aromatic heterocycles. The Balaban J connectivity index is 1.37. The van der Waals surface area contributed by atoms with Crippen LogP contribution < -0.4 is 15.4 Å². The first-order valence-electron chi connectivity index (χ1n) is 11.4. The molecule has 0 bridgehead atoms. The van der Waals surface area contributed by atoms with Crippen molar-refractivity contribution in [2.24, 2.45) is 5.92 Å². The van der Waals surface area contributed by atoms with Crippen LogP contribution in [-0.2, 0) is 6.54 Å². The molecule has 1 aliphatic heterocycles. The summed E-state index contributed by atoms with van der Waals surface area (Å²) in [6, 6.07) is 18.7. The van der Waals surface area contributed by atoms with Gasteiger partial charge in [0.25, 0.3) is 0 Å². The molecule has 2 unspecified atom stereocenters. The van der Waals surface area contributed by atoms with Crippen LogP contribution in [0.5, 0.6) is 5.75 Å². The first-order chi connectivity index (χ1) is 15.3. The zero-order valence-electron chi connectivity index (χ0n) is 18.1. The number of aromatic nitrogens is 1. The second-order valence-corrected chi connectivity index (χ2v) is 9.69. The fraction of sp³-hybridized carbons (Fsp3) is 0.423. The quantitative estimate of drug-likeness (QED) is 0.533. The van der Waals surface area contributed by atoms with E-state index >= 15 is 0 Å². The van der Waals surface area contributed by atoms with E-state index in [-0.39, 0.29) is 0 Å². The third-order valence-electron chi connectivity index (χ3n) is 6.93. The Bertz CT molecular complexity index is 976. The van der Waals surface area contributed by atoms with Crippen LogP contribution in [0.15, 0.2) is 60.1 Å². The maximum Gasteiger partial charge on any atom is 0.123 e. The van der Waals surface area contributed by atoms with E-state index in [2.05, 4.69) is 64.1 Å². The zero-order chi connectivity index (χ0) is 21.0. The highest BCUT2D eigenvalue weighted by Crippen LogP contribution is 2.37. The summed E-state index contributed by atoms with van der Waals surface area (Å²) in [5.41, 5.74) is 3.72. The van der Waals surface area contributed by atoms with Crippen LogP contribution in [0.25, 0.3) is 10.6 Å². The molecule has 5 heteroatoms. The Labute approximate surface area is 189 Å². The van der Waals surface area contributed by atoms with Crippen molar-refractivity contribution in [3.63, 3.8) is 0 Å². The fourth-order valence-corrected chi connectivity index (χ4v) is 6.00. The third-order valence-corrected chi connectivity index (χ3v) is 7.76. The van der Waals surface area contributed by atoms with Crippen LogP contribution in [0, 0.1) is 5.92 Å². The molecule has 162 valence electrons. The first kappa shape index (κ1) is 20.7. The van der Waals surface area contributed by atoms with E-state index in [9.17, 15) is 0 Å². The highest BCUT2D eigenvalue weighted by atomic mass is 32.1. The zero-order valence-corrected chi connectivity index (χ0v) is 18.9. The van der Waals surface area contributed by atoms with Crippen molar-refractivity contribution in [3.8, 4) is 16.3 Å². The predicted molar refractivity (Wildman–Crippen MR) is 127 cm³/mol. The number of fused-ring (bicyclic) bond motifs is 1. The molecule has 5 rings (SSSR count). The van der Waals surface area contributed by atoms with Crippen LogP contribution in [-0.4, -0.2) is 24.2 Å². The minimum atomic E-state index is 0.341. The number of piperidine rings is 1. The number of nitrogens with one attached hydrogen (secondary N) is 2. The van der Waals surface area contributed by atoms with Crippen molar-refractivity contribution in [1.29, 1.82) is 0 Å². The molecule has 0 amide bonds. The second kappa shape index (κ2) is 9.51. The van der Waals surface area contributed by atoms with Crippen molar-refractivity contribution < 1.29 is 4.74 Å². The largest absolute Gasteiger partial charge is 0.496 e. The average Bonchev–Trinajstić information content (AvgIpc) is 3.37. The van der Waals surface area contributed by atoms with Gasteiger partial charge in [-0.25, -0.2) is 4.98 Å². The molecule has 0 spiro atoms. The summed E-state index contributed by atoms with van der Waals surface area (Å²) in [6.07, 6.45) is 8.47. The Hall–Kier alpha value is -2.21. The fourth-order valence-electron chi connectivity index (χ4n) is 5.37. The molecule has 1 aliphatic carbocycles. The second-order valence-electron chi connectivity index (χ2n) is 8.79. The highest BCUT2D eigenvalue weighted by Gasteiger charge is 2.38. The topological polar surface area (TPSA) is 46.2 Å². The van der Waals surface area contributed by atoms with E-state index in [1.807, 2.05) is 11.6 Å². The number of methoxy groups -OCH3 is 1. The van der Waals surface area contributed by atoms with Crippen molar-refractivity contribution >= 4 is 11.3 Å². The molecule has 4 atom stereocenters. The minimum Gasteiger partial charge on any atom is -0.496 e. The number of benzene rings is 2. The number of rotatable bonds is 6. The lowest BCUT2D eigenvalue weighted by Gasteiger charge is -2.45. The molecule has 31 heavy (non-hydrogen) atoms. The Morgan fingerprint density at radius 3 is 2.81 bits per heavy atom. The molecule has 1 saturated heterocycles. The molecular weight excluding hydrogens is 402 g/mol. The van der Waals surface area contributed by atoms with Gasteiger partial charge in [-0.2, -0.15) is 0 Å². The van der Waals surface area contributed by atoms with E-state index in [1.165, 1.54) is 43.2 Å². The number of ether oxygens (including phenoxy) is 1. The smallest absolute Gasteiger partial charge is 0.123 e. The van der Waals surface area contributed by atoms with Crippen LogP contribution in [0.1, 0.15) is 49.3 Å². The normalized spacial score (nSPS) is 25.7. The average molecular weight is 434 g/mol. The van der Waals surface area contributed by atoms with E-state index < -0.39 is 0 Å². The van der Waals surface area contributed by atoms with E-state index in [1.54, 1.807) is 18.4 Å². The van der Waals surface area contributed by atoms with Crippen LogP contribution in [0.2, 0.25) is 0 Å². The molecule has 2 aromatic carbocycles. The molecule has 0 radical (unpaired) electrons. The molecule has 2 N–H and O–H groups in total. The van der Waals surface area contributed by atoms with Gasteiger partial charge in [-0.15, -0.1) is 11.3 Å². The van der Waals surface area contributed by atoms with Crippen LogP contribution in [0.4, 0.5) is 0 Å². The number of hydrogen-bond donors (Lipinski definition) is 2. The highest BCUT2D eigenvalue weighted by molar-refractivity contribution is 7.13. The van der Waals surface area contributed by atoms with Gasteiger partial charge in [0, 0.05) is 47.4 Å². The molecule has 2 aliphatic rings. The summed E-state index contributed by atoms with van der Waals surface area (Å²) in [6.45, 7) is 0.787. The maximum absolute atomic E-state index is 5.68. The SMILES string of the molecule is COc1ccc(-c2nccs2)cc1CN[C@H]1CC2CCCCC2N[C@H]1c1ccccc1. The van der Waals surface area contributed by atoms with Gasteiger partial charge in [-0.05, 0) is 48.9 Å². The Morgan fingerprint density at radius 1 is 1.13 bits per heavy atom. The summed E-state index contributed by atoms with van der Waals surface area (Å²) in [7, 11) is 1.75. The monoisotopic (exact) mass is 433 g/mol. The van der Waals surface area contributed by atoms with Gasteiger partial charge in [0.15, 0.2) is 0 Å². The van der Waals surface area contributed by atoms with Gasteiger partial charge in [-0.1, -0.05) is 43.2 Å². The van der Waals surface area contributed by atoms with E-state index in [0.717, 1.165) is 28.8 Å². The summed E-state index contributed by atoms with van der Waals surface area (Å²) in [5, 5.41) is 11.0. The van der Waals surface area contributed by atoms with Crippen molar-refractivity contribution in [3.05, 3.63) is 71.2 Å². The molecule has 2 fully saturated rings. The van der Waals surface area contributed by atoms with Crippen LogP contribution in [0.3, 0.4) is 0 Å². The van der Waals surface area contributed by atoms with Crippen molar-refractivity contribution in [2.45, 2.75) is 56.8 Å². The van der Waals surface area contributed by atoms with Gasteiger partial charge in [-0.3, -0.25) is 0 Å². The number of thiazole rings is 1. The van der Waals surface area contributed by atoms with Crippen molar-refractivity contribution in [2.75, 3.05) is 7.11 Å². The van der Waals surface area contributed by atoms with E-state index in [0.29, 0.717) is 18.1 Å². The van der Waals surface area contributed by atoms with Crippen LogP contribution >= 0.6 is 11.3 Å². The standard InChI is InChI=1S/C26H31N3OS/c1-30-24-12-11-20(26-27-13-14-31-26)15-21(24)17-28-23-16-19-9-5-6-10-22(19)29-25(23)18-7-3-2-4-8-18/h2-4,7-8,11-15,19,22-23,25,28-29H,5-6,9-10,16-17H2,1H3/t19?,22?,23-,25-/m0/s1. The maximum atomic E-state index is 5.68. The molecule has 4 nitrogen and oxygen atoms in total. The summed E-state index contributed by atoms with van der Waals surface area (Å²) < 4.78 is 5.68. The lowest BCUT2D eigenvalue weighted by Crippen LogP contribution is -2.55. The lowest BCUT2D eigenvalue weighted by atomic mass is 9.74. The number of hydrogen-bond acceptors (Lipinski definition) is 5. The van der Waals surface area contributed by atoms with Gasteiger partial charge >= 0.3 is 0 Å². The predicted octanol–water partition coefficient (Wildman–Crippen LogP) is 5.57. The summed E-state index contributed by atoms with van der Waals surface area (Å²) in [4.78, 5) is 4.48. The Kier molecular flexibility index (Phi) is 6.35. The van der Waals surface area contributed by atoms with Crippen molar-refractivity contribution in [1.82, 2.24) is 15.6 Å². The van der Waals surface area contributed by atoms with E-state index in [4.69, 9.17) is 4.74 Å². The van der Waals surface area contributed by atoms with Gasteiger partial charge in [0.05, 0.1) is 7.11 Å². The first-order valence-corrected chi connectivity index (χ1v) is 12.3. The molecular formula is C26H31N3OS. The summed E-state index contributed by atoms with van der Waals surface area (Å²) in [5.74, 6) is 1.71. The summed E-state index contributed by atoms with van der Waals surface area (Å²) >= 11 is 1.67. The molecule has 2 heterocycles. The molecule has 1 saturated carbocycles. The third kappa shape index (κ3) is 4.54. The minimum absolute atomic E-state index is 0.341. The number of nitrogens with zero attached hydrogens (tertiary/aromatic N) is 1. The van der Waals surface area contributed by atoms with Gasteiger partial charge in [0.2, 0.25) is 0 Å². The van der Waals surface area contributed by atoms with Gasteiger partial charge < -0.3 is 15.4 Å². The van der Waals surface area contributed by atoms with Gasteiger partial charge in [0.1, 0.15) is 10.8 Å². The lowest BCUT2D eigenvalue weighted by molar-refractivity contribution is 0.140. The molecule has 3 aromatic rings. The Morgan fingerprint density at radius 2 is 2.00 bits per heavy atom.